The molecule has 18 heavy (non-hydrogen) atoms. The fourth-order valence-corrected chi connectivity index (χ4v) is 2.01. The van der Waals surface area contributed by atoms with Crippen LogP contribution in [0.3, 0.4) is 0 Å². The van der Waals surface area contributed by atoms with Gasteiger partial charge in [0.1, 0.15) is 11.5 Å². The summed E-state index contributed by atoms with van der Waals surface area (Å²) in [5.41, 5.74) is 8.88. The number of benzene rings is 1. The zero-order valence-corrected chi connectivity index (χ0v) is 11.2. The molecule has 1 aromatic heterocycles. The second-order valence-corrected chi connectivity index (χ2v) is 4.65. The molecule has 0 radical (unpaired) electrons. The Balaban J connectivity index is 2.31. The SMILES string of the molecule is CCC(C)c1ccc(-c2nc(CN)oc2C)cc1. The Kier molecular flexibility index (Phi) is 3.82. The molecule has 3 nitrogen and oxygen atoms in total. The van der Waals surface area contributed by atoms with E-state index in [9.17, 15) is 0 Å². The first kappa shape index (κ1) is 12.8. The van der Waals surface area contributed by atoms with E-state index in [2.05, 4.69) is 43.1 Å². The van der Waals surface area contributed by atoms with E-state index in [0.29, 0.717) is 18.4 Å². The van der Waals surface area contributed by atoms with Gasteiger partial charge in [-0.1, -0.05) is 38.1 Å². The maximum absolute atomic E-state index is 5.54. The normalized spacial score (nSPS) is 12.7. The van der Waals surface area contributed by atoms with Gasteiger partial charge >= 0.3 is 0 Å². The maximum Gasteiger partial charge on any atom is 0.208 e. The van der Waals surface area contributed by atoms with Crippen LogP contribution in [0.5, 0.6) is 0 Å². The van der Waals surface area contributed by atoms with E-state index in [4.69, 9.17) is 10.2 Å². The lowest BCUT2D eigenvalue weighted by Gasteiger charge is -2.09. The zero-order valence-electron chi connectivity index (χ0n) is 11.2. The van der Waals surface area contributed by atoms with Crippen molar-refractivity contribution in [2.45, 2.75) is 39.7 Å². The highest BCUT2D eigenvalue weighted by Crippen LogP contribution is 2.26. The Morgan fingerprint density at radius 1 is 1.28 bits per heavy atom. The second-order valence-electron chi connectivity index (χ2n) is 4.65. The van der Waals surface area contributed by atoms with Gasteiger partial charge in [-0.05, 0) is 24.8 Å². The number of hydrogen-bond acceptors (Lipinski definition) is 3. The van der Waals surface area contributed by atoms with Crippen LogP contribution >= 0.6 is 0 Å². The topological polar surface area (TPSA) is 52.0 Å². The van der Waals surface area contributed by atoms with Crippen molar-refractivity contribution in [2.75, 3.05) is 0 Å². The Bertz CT molecular complexity index is 514. The van der Waals surface area contributed by atoms with E-state index >= 15 is 0 Å². The summed E-state index contributed by atoms with van der Waals surface area (Å²) in [5, 5.41) is 0. The first-order valence-corrected chi connectivity index (χ1v) is 6.42. The van der Waals surface area contributed by atoms with Gasteiger partial charge in [-0.25, -0.2) is 4.98 Å². The first-order chi connectivity index (χ1) is 8.65. The minimum atomic E-state index is 0.339. The highest BCUT2D eigenvalue weighted by Gasteiger charge is 2.11. The van der Waals surface area contributed by atoms with Crippen molar-refractivity contribution in [1.29, 1.82) is 0 Å². The third kappa shape index (κ3) is 2.46. The van der Waals surface area contributed by atoms with Crippen LogP contribution in [0.25, 0.3) is 11.3 Å². The fraction of sp³-hybridized carbons (Fsp3) is 0.400. The third-order valence-electron chi connectivity index (χ3n) is 3.38. The number of nitrogens with two attached hydrogens (primary N) is 1. The molecular formula is C15H20N2O. The summed E-state index contributed by atoms with van der Waals surface area (Å²) in [6.07, 6.45) is 1.15. The summed E-state index contributed by atoms with van der Waals surface area (Å²) in [5.74, 6) is 2.01. The first-order valence-electron chi connectivity index (χ1n) is 6.42. The molecule has 0 aliphatic rings. The summed E-state index contributed by atoms with van der Waals surface area (Å²) in [6.45, 7) is 6.70. The average Bonchev–Trinajstić information content (AvgIpc) is 2.79. The predicted molar refractivity (Wildman–Crippen MR) is 73.3 cm³/mol. The van der Waals surface area contributed by atoms with E-state index in [-0.39, 0.29) is 0 Å². The molecule has 0 saturated heterocycles. The van der Waals surface area contributed by atoms with E-state index < -0.39 is 0 Å². The van der Waals surface area contributed by atoms with Crippen LogP contribution in [0.4, 0.5) is 0 Å². The van der Waals surface area contributed by atoms with Crippen LogP contribution < -0.4 is 5.73 Å². The van der Waals surface area contributed by atoms with Gasteiger partial charge in [-0.2, -0.15) is 0 Å². The molecule has 0 fully saturated rings. The molecule has 0 spiro atoms. The molecule has 2 aromatic rings. The maximum atomic E-state index is 5.54. The second kappa shape index (κ2) is 5.36. The van der Waals surface area contributed by atoms with Crippen molar-refractivity contribution in [2.24, 2.45) is 5.73 Å². The molecule has 0 saturated carbocycles. The lowest BCUT2D eigenvalue weighted by atomic mass is 9.97. The molecular weight excluding hydrogens is 224 g/mol. The number of aryl methyl sites for hydroxylation is 1. The molecule has 0 bridgehead atoms. The number of hydrogen-bond donors (Lipinski definition) is 1. The largest absolute Gasteiger partial charge is 0.444 e. The van der Waals surface area contributed by atoms with Gasteiger partial charge in [0.05, 0.1) is 6.54 Å². The quantitative estimate of drug-likeness (QED) is 0.893. The highest BCUT2D eigenvalue weighted by atomic mass is 16.4. The van der Waals surface area contributed by atoms with Gasteiger partial charge in [0.15, 0.2) is 0 Å². The van der Waals surface area contributed by atoms with Gasteiger partial charge in [0.2, 0.25) is 5.89 Å². The van der Waals surface area contributed by atoms with E-state index in [1.165, 1.54) is 5.56 Å². The molecule has 2 N–H and O–H groups in total. The van der Waals surface area contributed by atoms with Gasteiger partial charge in [-0.3, -0.25) is 0 Å². The Morgan fingerprint density at radius 3 is 2.44 bits per heavy atom. The van der Waals surface area contributed by atoms with E-state index in [0.717, 1.165) is 23.4 Å². The van der Waals surface area contributed by atoms with Crippen LogP contribution in [0.15, 0.2) is 28.7 Å². The van der Waals surface area contributed by atoms with Crippen LogP contribution in [-0.2, 0) is 6.54 Å². The zero-order chi connectivity index (χ0) is 13.1. The van der Waals surface area contributed by atoms with Crippen molar-refractivity contribution in [3.8, 4) is 11.3 Å². The molecule has 96 valence electrons. The number of rotatable bonds is 4. The van der Waals surface area contributed by atoms with Crippen LogP contribution in [0.1, 0.15) is 43.4 Å². The Labute approximate surface area is 108 Å². The molecule has 3 heteroatoms. The standard InChI is InChI=1S/C15H20N2O/c1-4-10(2)12-5-7-13(8-6-12)15-11(3)18-14(9-16)17-15/h5-8,10H,4,9,16H2,1-3H3. The number of aromatic nitrogens is 1. The van der Waals surface area contributed by atoms with Crippen LogP contribution in [0.2, 0.25) is 0 Å². The summed E-state index contributed by atoms with van der Waals surface area (Å²) in [7, 11) is 0. The van der Waals surface area contributed by atoms with E-state index in [1.54, 1.807) is 0 Å². The molecule has 2 rings (SSSR count). The van der Waals surface area contributed by atoms with Crippen LogP contribution in [-0.4, -0.2) is 4.98 Å². The summed E-state index contributed by atoms with van der Waals surface area (Å²) < 4.78 is 5.48. The van der Waals surface area contributed by atoms with Crippen molar-refractivity contribution in [1.82, 2.24) is 4.98 Å². The molecule has 1 aromatic carbocycles. The third-order valence-corrected chi connectivity index (χ3v) is 3.38. The number of oxazole rings is 1. The molecule has 1 unspecified atom stereocenters. The van der Waals surface area contributed by atoms with Crippen LogP contribution in [0, 0.1) is 6.92 Å². The van der Waals surface area contributed by atoms with Gasteiger partial charge in [0.25, 0.3) is 0 Å². The van der Waals surface area contributed by atoms with Crippen molar-refractivity contribution in [3.05, 3.63) is 41.5 Å². The highest BCUT2D eigenvalue weighted by molar-refractivity contribution is 5.61. The van der Waals surface area contributed by atoms with Crippen molar-refractivity contribution >= 4 is 0 Å². The average molecular weight is 244 g/mol. The smallest absolute Gasteiger partial charge is 0.208 e. The Hall–Kier alpha value is -1.61. The molecule has 0 amide bonds. The van der Waals surface area contributed by atoms with Gasteiger partial charge in [-0.15, -0.1) is 0 Å². The van der Waals surface area contributed by atoms with Gasteiger partial charge in [0, 0.05) is 5.56 Å². The predicted octanol–water partition coefficient (Wildman–Crippen LogP) is 3.62. The molecule has 0 aliphatic heterocycles. The molecule has 0 aliphatic carbocycles. The molecule has 1 heterocycles. The summed E-state index contributed by atoms with van der Waals surface area (Å²) in [6, 6.07) is 8.54. The Morgan fingerprint density at radius 2 is 1.94 bits per heavy atom. The van der Waals surface area contributed by atoms with E-state index in [1.807, 2.05) is 6.92 Å². The fourth-order valence-electron chi connectivity index (χ4n) is 2.01. The van der Waals surface area contributed by atoms with Gasteiger partial charge < -0.3 is 10.2 Å². The minimum absolute atomic E-state index is 0.339. The minimum Gasteiger partial charge on any atom is -0.444 e. The lowest BCUT2D eigenvalue weighted by molar-refractivity contribution is 0.474. The monoisotopic (exact) mass is 244 g/mol. The summed E-state index contributed by atoms with van der Waals surface area (Å²) in [4.78, 5) is 4.40. The number of nitrogens with zero attached hydrogens (tertiary/aromatic N) is 1. The van der Waals surface area contributed by atoms with Crippen molar-refractivity contribution < 1.29 is 4.42 Å². The van der Waals surface area contributed by atoms with Crippen molar-refractivity contribution in [3.63, 3.8) is 0 Å². The molecule has 1 atom stereocenters. The summed E-state index contributed by atoms with van der Waals surface area (Å²) >= 11 is 0. The lowest BCUT2D eigenvalue weighted by Crippen LogP contribution is -1.95.